The van der Waals surface area contributed by atoms with Gasteiger partial charge in [-0.25, -0.2) is 9.78 Å². The first-order chi connectivity index (χ1) is 13.9. The molecule has 4 rings (SSSR count). The van der Waals surface area contributed by atoms with E-state index in [1.807, 2.05) is 26.6 Å². The second-order valence-electron chi connectivity index (χ2n) is 7.97. The summed E-state index contributed by atoms with van der Waals surface area (Å²) < 4.78 is 5.58. The van der Waals surface area contributed by atoms with Crippen molar-refractivity contribution in [2.75, 3.05) is 14.1 Å². The molecular weight excluding hydrogens is 362 g/mol. The average Bonchev–Trinajstić information content (AvgIpc) is 3.22. The van der Waals surface area contributed by atoms with Crippen molar-refractivity contribution in [3.05, 3.63) is 76.1 Å². The number of aryl methyl sites for hydroxylation is 3. The molecule has 0 aliphatic carbocycles. The lowest BCUT2D eigenvalue weighted by molar-refractivity contribution is 0.400. The Bertz CT molecular complexity index is 1240. The molecule has 0 aliphatic rings. The van der Waals surface area contributed by atoms with Crippen LogP contribution >= 0.6 is 0 Å². The van der Waals surface area contributed by atoms with Crippen molar-refractivity contribution < 1.29 is 0 Å². The van der Waals surface area contributed by atoms with Crippen LogP contribution in [0.25, 0.3) is 22.3 Å². The van der Waals surface area contributed by atoms with Crippen molar-refractivity contribution in [3.8, 4) is 11.3 Å². The molecule has 0 amide bonds. The van der Waals surface area contributed by atoms with E-state index in [4.69, 9.17) is 0 Å². The second kappa shape index (κ2) is 7.37. The Morgan fingerprint density at radius 2 is 1.66 bits per heavy atom. The van der Waals surface area contributed by atoms with Gasteiger partial charge in [0.1, 0.15) is 0 Å². The minimum atomic E-state index is -0.0114. The molecule has 0 spiro atoms. The maximum absolute atomic E-state index is 12.3. The largest absolute Gasteiger partial charge is 0.328 e. The quantitative estimate of drug-likeness (QED) is 0.527. The molecule has 0 aliphatic heterocycles. The number of imidazole rings is 2. The zero-order chi connectivity index (χ0) is 20.7. The molecule has 4 aromatic rings. The highest BCUT2D eigenvalue weighted by atomic mass is 16.1. The molecule has 0 atom stereocenters. The average molecular weight is 390 g/mol. The SMILES string of the molecule is Cc1cc2c(cc1-c1cncn1Cc1ccccc1CN(C)C)n(C)c(=O)n2C. The van der Waals surface area contributed by atoms with Gasteiger partial charge in [-0.3, -0.25) is 9.13 Å². The van der Waals surface area contributed by atoms with E-state index >= 15 is 0 Å². The fourth-order valence-electron chi connectivity index (χ4n) is 3.99. The molecule has 2 aromatic heterocycles. The first kappa shape index (κ1) is 19.2. The van der Waals surface area contributed by atoms with Crippen molar-refractivity contribution in [2.45, 2.75) is 20.0 Å². The maximum atomic E-state index is 12.3. The Morgan fingerprint density at radius 3 is 2.34 bits per heavy atom. The summed E-state index contributed by atoms with van der Waals surface area (Å²) in [5, 5.41) is 0. The van der Waals surface area contributed by atoms with Crippen LogP contribution in [0.1, 0.15) is 16.7 Å². The minimum Gasteiger partial charge on any atom is -0.326 e. The van der Waals surface area contributed by atoms with E-state index in [-0.39, 0.29) is 5.69 Å². The van der Waals surface area contributed by atoms with Crippen LogP contribution in [-0.4, -0.2) is 37.7 Å². The Labute approximate surface area is 170 Å². The molecule has 0 N–H and O–H groups in total. The van der Waals surface area contributed by atoms with E-state index in [2.05, 4.69) is 71.9 Å². The zero-order valence-electron chi connectivity index (χ0n) is 17.7. The number of hydrogen-bond donors (Lipinski definition) is 0. The Morgan fingerprint density at radius 1 is 1.00 bits per heavy atom. The van der Waals surface area contributed by atoms with Crippen molar-refractivity contribution in [3.63, 3.8) is 0 Å². The number of fused-ring (bicyclic) bond motifs is 1. The normalized spacial score (nSPS) is 11.7. The number of hydrogen-bond acceptors (Lipinski definition) is 3. The predicted octanol–water partition coefficient (Wildman–Crippen LogP) is 3.16. The summed E-state index contributed by atoms with van der Waals surface area (Å²) in [4.78, 5) is 18.9. The molecule has 0 saturated heterocycles. The summed E-state index contributed by atoms with van der Waals surface area (Å²) in [5.41, 5.74) is 7.74. The molecule has 0 bridgehead atoms. The van der Waals surface area contributed by atoms with E-state index < -0.39 is 0 Å². The van der Waals surface area contributed by atoms with Crippen LogP contribution < -0.4 is 5.69 Å². The van der Waals surface area contributed by atoms with Crippen molar-refractivity contribution >= 4 is 11.0 Å². The van der Waals surface area contributed by atoms with Crippen LogP contribution in [0.15, 0.2) is 53.7 Å². The van der Waals surface area contributed by atoms with Crippen LogP contribution in [-0.2, 0) is 27.2 Å². The van der Waals surface area contributed by atoms with Gasteiger partial charge >= 0.3 is 5.69 Å². The highest BCUT2D eigenvalue weighted by Gasteiger charge is 2.15. The molecule has 0 unspecified atom stereocenters. The number of benzene rings is 2. The van der Waals surface area contributed by atoms with Gasteiger partial charge in [-0.1, -0.05) is 24.3 Å². The van der Waals surface area contributed by atoms with Gasteiger partial charge in [0.15, 0.2) is 0 Å². The minimum absolute atomic E-state index is 0.0114. The fraction of sp³-hybridized carbons (Fsp3) is 0.304. The van der Waals surface area contributed by atoms with Crippen LogP contribution in [0.3, 0.4) is 0 Å². The predicted molar refractivity (Wildman–Crippen MR) is 117 cm³/mol. The van der Waals surface area contributed by atoms with Gasteiger partial charge < -0.3 is 9.47 Å². The maximum Gasteiger partial charge on any atom is 0.328 e. The van der Waals surface area contributed by atoms with E-state index in [0.29, 0.717) is 0 Å². The third kappa shape index (κ3) is 3.40. The van der Waals surface area contributed by atoms with E-state index in [9.17, 15) is 4.79 Å². The monoisotopic (exact) mass is 389 g/mol. The summed E-state index contributed by atoms with van der Waals surface area (Å²) in [5.74, 6) is 0. The smallest absolute Gasteiger partial charge is 0.326 e. The molecule has 150 valence electrons. The third-order valence-electron chi connectivity index (χ3n) is 5.55. The molecule has 0 radical (unpaired) electrons. The molecule has 29 heavy (non-hydrogen) atoms. The van der Waals surface area contributed by atoms with Crippen LogP contribution in [0.5, 0.6) is 0 Å². The summed E-state index contributed by atoms with van der Waals surface area (Å²) in [7, 11) is 7.80. The fourth-order valence-corrected chi connectivity index (χ4v) is 3.99. The van der Waals surface area contributed by atoms with Crippen LogP contribution in [0.4, 0.5) is 0 Å². The van der Waals surface area contributed by atoms with Crippen LogP contribution in [0.2, 0.25) is 0 Å². The van der Waals surface area contributed by atoms with E-state index in [1.54, 1.807) is 9.13 Å². The Hall–Kier alpha value is -3.12. The van der Waals surface area contributed by atoms with Crippen molar-refractivity contribution in [2.24, 2.45) is 14.1 Å². The molecule has 2 aromatic carbocycles. The van der Waals surface area contributed by atoms with Gasteiger partial charge in [-0.2, -0.15) is 0 Å². The van der Waals surface area contributed by atoms with Gasteiger partial charge in [0.05, 0.1) is 29.3 Å². The third-order valence-corrected chi connectivity index (χ3v) is 5.55. The topological polar surface area (TPSA) is 48.0 Å². The van der Waals surface area contributed by atoms with E-state index in [1.165, 1.54) is 11.1 Å². The number of aromatic nitrogens is 4. The lowest BCUT2D eigenvalue weighted by atomic mass is 10.0. The lowest BCUT2D eigenvalue weighted by Crippen LogP contribution is -2.19. The first-order valence-electron chi connectivity index (χ1n) is 9.75. The highest BCUT2D eigenvalue weighted by molar-refractivity contribution is 5.84. The summed E-state index contributed by atoms with van der Waals surface area (Å²) in [6.07, 6.45) is 3.79. The van der Waals surface area contributed by atoms with E-state index in [0.717, 1.165) is 40.9 Å². The molecule has 2 heterocycles. The summed E-state index contributed by atoms with van der Waals surface area (Å²) in [6.45, 7) is 3.74. The summed E-state index contributed by atoms with van der Waals surface area (Å²) in [6, 6.07) is 12.7. The zero-order valence-corrected chi connectivity index (χ0v) is 17.7. The highest BCUT2D eigenvalue weighted by Crippen LogP contribution is 2.28. The Balaban J connectivity index is 1.79. The lowest BCUT2D eigenvalue weighted by Gasteiger charge is -2.16. The summed E-state index contributed by atoms with van der Waals surface area (Å²) >= 11 is 0. The van der Waals surface area contributed by atoms with Gasteiger partial charge in [-0.15, -0.1) is 0 Å². The molecule has 0 fully saturated rings. The standard InChI is InChI=1S/C23H27N5O/c1-16-10-20-21(27(5)23(29)26(20)4)11-19(16)22-12-24-15-28(22)14-18-9-7-6-8-17(18)13-25(2)3/h6-12,15H,13-14H2,1-5H3. The van der Waals surface area contributed by atoms with Crippen LogP contribution in [0, 0.1) is 6.92 Å². The first-order valence-corrected chi connectivity index (χ1v) is 9.75. The molecule has 6 heteroatoms. The van der Waals surface area contributed by atoms with Gasteiger partial charge in [-0.05, 0) is 49.8 Å². The van der Waals surface area contributed by atoms with Crippen molar-refractivity contribution in [1.82, 2.24) is 23.6 Å². The second-order valence-corrected chi connectivity index (χ2v) is 7.97. The molecule has 0 saturated carbocycles. The Kier molecular flexibility index (Phi) is 4.88. The van der Waals surface area contributed by atoms with Crippen molar-refractivity contribution in [1.29, 1.82) is 0 Å². The molecule has 6 nitrogen and oxygen atoms in total. The number of nitrogens with zero attached hydrogens (tertiary/aromatic N) is 5. The number of rotatable bonds is 5. The van der Waals surface area contributed by atoms with Gasteiger partial charge in [0.25, 0.3) is 0 Å². The molecular formula is C23H27N5O. The van der Waals surface area contributed by atoms with Gasteiger partial charge in [0, 0.05) is 32.7 Å². The van der Waals surface area contributed by atoms with Gasteiger partial charge in [0.2, 0.25) is 0 Å².